The number of phenolic OH excluding ortho intramolecular Hbond substituents is 1. The smallest absolute Gasteiger partial charge is 0.232 e. The molecule has 0 aliphatic carbocycles. The number of carbonyl (C=O) groups is 2. The maximum atomic E-state index is 12.7. The number of aromatic amines is 1. The Morgan fingerprint density at radius 3 is 2.57 bits per heavy atom. The van der Waals surface area contributed by atoms with Crippen molar-refractivity contribution in [2.45, 2.75) is 25.0 Å². The van der Waals surface area contributed by atoms with Gasteiger partial charge in [-0.3, -0.25) is 9.59 Å². The first-order chi connectivity index (χ1) is 14.5. The molecule has 2 heterocycles. The van der Waals surface area contributed by atoms with Gasteiger partial charge in [-0.05, 0) is 56.2 Å². The third kappa shape index (κ3) is 4.51. The van der Waals surface area contributed by atoms with E-state index in [1.807, 2.05) is 29.2 Å². The molecule has 1 aliphatic rings. The van der Waals surface area contributed by atoms with E-state index in [9.17, 15) is 14.7 Å². The molecule has 3 aromatic rings. The van der Waals surface area contributed by atoms with Gasteiger partial charge in [0.15, 0.2) is 5.78 Å². The van der Waals surface area contributed by atoms with E-state index >= 15 is 0 Å². The van der Waals surface area contributed by atoms with Gasteiger partial charge in [-0.1, -0.05) is 12.1 Å². The summed E-state index contributed by atoms with van der Waals surface area (Å²) in [5.41, 5.74) is 2.56. The number of likely N-dealkylation sites (tertiary alicyclic amines) is 1. The third-order valence-corrected chi connectivity index (χ3v) is 6.76. The van der Waals surface area contributed by atoms with Crippen molar-refractivity contribution in [3.63, 3.8) is 0 Å². The molecular formula is C23H25N3O3S. The van der Waals surface area contributed by atoms with Crippen LogP contribution in [0.1, 0.15) is 41.2 Å². The minimum absolute atomic E-state index is 0.0688. The normalized spacial score (nSPS) is 16.0. The summed E-state index contributed by atoms with van der Waals surface area (Å²) >= 11 is 1.58. The second-order valence-corrected chi connectivity index (χ2v) is 8.99. The summed E-state index contributed by atoms with van der Waals surface area (Å²) in [7, 11) is 0. The summed E-state index contributed by atoms with van der Waals surface area (Å²) in [6, 6.07) is 14.3. The number of benzene rings is 2. The summed E-state index contributed by atoms with van der Waals surface area (Å²) in [5, 5.41) is 9.47. The van der Waals surface area contributed by atoms with Crippen molar-refractivity contribution in [2.24, 2.45) is 5.92 Å². The van der Waals surface area contributed by atoms with Crippen LogP contribution in [0.4, 0.5) is 0 Å². The van der Waals surface area contributed by atoms with Crippen LogP contribution in [0, 0.1) is 5.92 Å². The fraction of sp³-hybridized carbons (Fsp3) is 0.348. The van der Waals surface area contributed by atoms with Crippen LogP contribution >= 0.6 is 11.8 Å². The number of imidazole rings is 1. The lowest BCUT2D eigenvalue weighted by Gasteiger charge is -2.31. The highest BCUT2D eigenvalue weighted by atomic mass is 32.2. The van der Waals surface area contributed by atoms with Gasteiger partial charge in [-0.25, -0.2) is 4.98 Å². The number of thioether (sulfide) groups is 1. The van der Waals surface area contributed by atoms with Gasteiger partial charge in [-0.15, -0.1) is 11.8 Å². The number of para-hydroxylation sites is 2. The summed E-state index contributed by atoms with van der Waals surface area (Å²) in [4.78, 5) is 35.1. The minimum Gasteiger partial charge on any atom is -0.508 e. The van der Waals surface area contributed by atoms with E-state index in [2.05, 4.69) is 16.9 Å². The first-order valence-electron chi connectivity index (χ1n) is 10.2. The van der Waals surface area contributed by atoms with Crippen LogP contribution < -0.4 is 0 Å². The van der Waals surface area contributed by atoms with Crippen LogP contribution in [0.25, 0.3) is 11.0 Å². The predicted molar refractivity (Wildman–Crippen MR) is 119 cm³/mol. The molecule has 30 heavy (non-hydrogen) atoms. The summed E-state index contributed by atoms with van der Waals surface area (Å²) < 4.78 is 0. The Balaban J connectivity index is 1.27. The monoisotopic (exact) mass is 423 g/mol. The van der Waals surface area contributed by atoms with E-state index in [0.717, 1.165) is 16.9 Å². The fourth-order valence-electron chi connectivity index (χ4n) is 3.78. The minimum atomic E-state index is -0.0688. The number of fused-ring (bicyclic) bond motifs is 1. The predicted octanol–water partition coefficient (Wildman–Crippen LogP) is 4.18. The van der Waals surface area contributed by atoms with Gasteiger partial charge in [0.25, 0.3) is 0 Å². The molecule has 0 spiro atoms. The van der Waals surface area contributed by atoms with Crippen LogP contribution in [0.15, 0.2) is 48.5 Å². The number of nitrogens with zero attached hydrogens (tertiary/aromatic N) is 2. The molecule has 1 saturated heterocycles. The van der Waals surface area contributed by atoms with Crippen molar-refractivity contribution >= 4 is 34.5 Å². The molecule has 2 aromatic carbocycles. The largest absolute Gasteiger partial charge is 0.508 e. The maximum absolute atomic E-state index is 12.7. The van der Waals surface area contributed by atoms with E-state index in [1.54, 1.807) is 23.9 Å². The van der Waals surface area contributed by atoms with E-state index in [1.165, 1.54) is 12.1 Å². The van der Waals surface area contributed by atoms with Gasteiger partial charge in [0.2, 0.25) is 5.91 Å². The van der Waals surface area contributed by atoms with Gasteiger partial charge < -0.3 is 15.0 Å². The molecule has 2 N–H and O–H groups in total. The van der Waals surface area contributed by atoms with Gasteiger partial charge in [0.1, 0.15) is 11.6 Å². The lowest BCUT2D eigenvalue weighted by molar-refractivity contribution is -0.129. The zero-order chi connectivity index (χ0) is 21.1. The van der Waals surface area contributed by atoms with Crippen molar-refractivity contribution in [3.05, 3.63) is 59.9 Å². The molecule has 0 radical (unpaired) electrons. The number of amides is 1. The Bertz CT molecular complexity index is 1010. The van der Waals surface area contributed by atoms with E-state index in [0.29, 0.717) is 37.2 Å². The van der Waals surface area contributed by atoms with Gasteiger partial charge >= 0.3 is 0 Å². The topological polar surface area (TPSA) is 86.3 Å². The number of H-pyrrole nitrogens is 1. The fourth-order valence-corrected chi connectivity index (χ4v) is 4.63. The van der Waals surface area contributed by atoms with Crippen molar-refractivity contribution in [3.8, 4) is 5.75 Å². The molecule has 1 aliphatic heterocycles. The van der Waals surface area contributed by atoms with Crippen LogP contribution in [0.5, 0.6) is 5.75 Å². The van der Waals surface area contributed by atoms with Crippen LogP contribution in [0.2, 0.25) is 0 Å². The first kappa shape index (κ1) is 20.5. The number of aromatic nitrogens is 2. The van der Waals surface area contributed by atoms with Gasteiger partial charge in [0.05, 0.1) is 22.0 Å². The quantitative estimate of drug-likeness (QED) is 0.581. The van der Waals surface area contributed by atoms with Crippen LogP contribution in [0.3, 0.4) is 0 Å². The number of ketones is 1. The number of Topliss-reactive ketones (excluding diaryl/α,β-unsaturated/α-hetero) is 1. The molecule has 4 rings (SSSR count). The van der Waals surface area contributed by atoms with Crippen molar-refractivity contribution in [2.75, 3.05) is 18.8 Å². The number of nitrogens with one attached hydrogen (secondary N) is 1. The number of aromatic hydroxyl groups is 1. The second kappa shape index (κ2) is 8.92. The van der Waals surface area contributed by atoms with Gasteiger partial charge in [-0.2, -0.15) is 0 Å². The molecule has 156 valence electrons. The average Bonchev–Trinajstić information content (AvgIpc) is 3.22. The highest BCUT2D eigenvalue weighted by Gasteiger charge is 2.28. The van der Waals surface area contributed by atoms with Crippen LogP contribution in [-0.2, 0) is 4.79 Å². The Kier molecular flexibility index (Phi) is 6.08. The Labute approximate surface area is 179 Å². The molecule has 1 amide bonds. The molecule has 0 bridgehead atoms. The standard InChI is InChI=1S/C23H25N3O3S/c1-15(23-24-19-4-2-3-5-20(19)25-23)30-14-21(28)26-12-10-17(11-13-26)22(29)16-6-8-18(27)9-7-16/h2-9,15,17,27H,10-14H2,1H3,(H,24,25). The molecule has 7 heteroatoms. The number of hydrogen-bond acceptors (Lipinski definition) is 5. The molecule has 1 fully saturated rings. The molecule has 1 unspecified atom stereocenters. The van der Waals surface area contributed by atoms with E-state index in [-0.39, 0.29) is 28.6 Å². The van der Waals surface area contributed by atoms with Crippen molar-refractivity contribution in [1.29, 1.82) is 0 Å². The number of piperidine rings is 1. The lowest BCUT2D eigenvalue weighted by Crippen LogP contribution is -2.41. The molecule has 6 nitrogen and oxygen atoms in total. The maximum Gasteiger partial charge on any atom is 0.232 e. The zero-order valence-corrected chi connectivity index (χ0v) is 17.7. The molecule has 1 atom stereocenters. The number of carbonyl (C=O) groups excluding carboxylic acids is 2. The molecular weight excluding hydrogens is 398 g/mol. The summed E-state index contributed by atoms with van der Waals surface area (Å²) in [5.74, 6) is 1.57. The highest BCUT2D eigenvalue weighted by Crippen LogP contribution is 2.29. The number of phenols is 1. The lowest BCUT2D eigenvalue weighted by atomic mass is 9.89. The summed E-state index contributed by atoms with van der Waals surface area (Å²) in [6.45, 7) is 3.26. The second-order valence-electron chi connectivity index (χ2n) is 7.66. The summed E-state index contributed by atoms with van der Waals surface area (Å²) in [6.07, 6.45) is 1.35. The van der Waals surface area contributed by atoms with Crippen LogP contribution in [-0.4, -0.2) is 50.5 Å². The van der Waals surface area contributed by atoms with E-state index in [4.69, 9.17) is 0 Å². The molecule has 0 saturated carbocycles. The Morgan fingerprint density at radius 1 is 1.17 bits per heavy atom. The Hall–Kier alpha value is -2.80. The van der Waals surface area contributed by atoms with E-state index < -0.39 is 0 Å². The first-order valence-corrected chi connectivity index (χ1v) is 11.2. The number of rotatable bonds is 6. The SMILES string of the molecule is CC(SCC(=O)N1CCC(C(=O)c2ccc(O)cc2)CC1)c1nc2ccccc2[nH]1. The Morgan fingerprint density at radius 2 is 1.87 bits per heavy atom. The van der Waals surface area contributed by atoms with Crippen molar-refractivity contribution in [1.82, 2.24) is 14.9 Å². The zero-order valence-electron chi connectivity index (χ0n) is 16.9. The average molecular weight is 424 g/mol. The molecule has 1 aromatic heterocycles. The van der Waals surface area contributed by atoms with Gasteiger partial charge in [0, 0.05) is 24.6 Å². The third-order valence-electron chi connectivity index (χ3n) is 5.62. The number of hydrogen-bond donors (Lipinski definition) is 2. The van der Waals surface area contributed by atoms with Crippen molar-refractivity contribution < 1.29 is 14.7 Å². The highest BCUT2D eigenvalue weighted by molar-refractivity contribution is 8.00.